The number of anilines is 1. The zero-order valence-corrected chi connectivity index (χ0v) is 12.2. The standard InChI is InChI=1S/C16H17NO4/c1-19-12-8-5-4-7-11(12)17-16(18)15-13(20-2)9-6-10-14(15)21-3/h4-10H,1-3H3,(H,17,18). The number of amides is 1. The number of hydrogen-bond acceptors (Lipinski definition) is 4. The van der Waals surface area contributed by atoms with Crippen LogP contribution in [-0.4, -0.2) is 27.2 Å². The third-order valence-corrected chi connectivity index (χ3v) is 3.01. The Morgan fingerprint density at radius 3 is 1.90 bits per heavy atom. The zero-order valence-electron chi connectivity index (χ0n) is 12.2. The molecule has 110 valence electrons. The van der Waals surface area contributed by atoms with Crippen molar-refractivity contribution in [2.75, 3.05) is 26.6 Å². The molecule has 2 aromatic rings. The van der Waals surface area contributed by atoms with Gasteiger partial charge in [0.25, 0.3) is 5.91 Å². The second-order valence-corrected chi connectivity index (χ2v) is 4.19. The maximum Gasteiger partial charge on any atom is 0.263 e. The van der Waals surface area contributed by atoms with Gasteiger partial charge in [-0.05, 0) is 24.3 Å². The maximum atomic E-state index is 12.5. The molecule has 2 aromatic carbocycles. The Balaban J connectivity index is 2.36. The summed E-state index contributed by atoms with van der Waals surface area (Å²) >= 11 is 0. The quantitative estimate of drug-likeness (QED) is 0.918. The Kier molecular flexibility index (Phi) is 4.66. The maximum absolute atomic E-state index is 12.5. The molecule has 0 aromatic heterocycles. The van der Waals surface area contributed by atoms with Gasteiger partial charge in [0.05, 0.1) is 27.0 Å². The van der Waals surface area contributed by atoms with Crippen LogP contribution in [0.2, 0.25) is 0 Å². The van der Waals surface area contributed by atoms with Crippen molar-refractivity contribution in [3.05, 3.63) is 48.0 Å². The third kappa shape index (κ3) is 3.08. The van der Waals surface area contributed by atoms with Crippen LogP contribution in [0.5, 0.6) is 17.2 Å². The molecule has 0 radical (unpaired) electrons. The van der Waals surface area contributed by atoms with Gasteiger partial charge >= 0.3 is 0 Å². The summed E-state index contributed by atoms with van der Waals surface area (Å²) in [4.78, 5) is 12.5. The first-order valence-corrected chi connectivity index (χ1v) is 6.36. The SMILES string of the molecule is COc1ccccc1NC(=O)c1c(OC)cccc1OC. The molecular formula is C16H17NO4. The molecule has 21 heavy (non-hydrogen) atoms. The Hall–Kier alpha value is -2.69. The summed E-state index contributed by atoms with van der Waals surface area (Å²) in [6.07, 6.45) is 0. The molecule has 0 bridgehead atoms. The van der Waals surface area contributed by atoms with E-state index in [-0.39, 0.29) is 5.91 Å². The Bertz CT molecular complexity index is 618. The van der Waals surface area contributed by atoms with Gasteiger partial charge in [-0.25, -0.2) is 0 Å². The highest BCUT2D eigenvalue weighted by Gasteiger charge is 2.19. The minimum Gasteiger partial charge on any atom is -0.496 e. The van der Waals surface area contributed by atoms with Gasteiger partial charge in [0.2, 0.25) is 0 Å². The number of methoxy groups -OCH3 is 3. The van der Waals surface area contributed by atoms with Gasteiger partial charge in [0.1, 0.15) is 22.8 Å². The molecule has 0 saturated carbocycles. The van der Waals surface area contributed by atoms with Crippen LogP contribution in [0, 0.1) is 0 Å². The van der Waals surface area contributed by atoms with E-state index in [9.17, 15) is 4.79 Å². The molecule has 0 heterocycles. The number of ether oxygens (including phenoxy) is 3. The van der Waals surface area contributed by atoms with Crippen LogP contribution in [0.4, 0.5) is 5.69 Å². The van der Waals surface area contributed by atoms with E-state index in [4.69, 9.17) is 14.2 Å². The summed E-state index contributed by atoms with van der Waals surface area (Å²) in [5.74, 6) is 1.15. The number of carbonyl (C=O) groups is 1. The van der Waals surface area contributed by atoms with Gasteiger partial charge < -0.3 is 19.5 Å². The van der Waals surface area contributed by atoms with E-state index in [0.717, 1.165) is 0 Å². The van der Waals surface area contributed by atoms with Crippen molar-refractivity contribution in [2.24, 2.45) is 0 Å². The molecule has 0 fully saturated rings. The van der Waals surface area contributed by atoms with Gasteiger partial charge in [-0.15, -0.1) is 0 Å². The summed E-state index contributed by atoms with van der Waals surface area (Å²) < 4.78 is 15.7. The summed E-state index contributed by atoms with van der Waals surface area (Å²) in [6, 6.07) is 12.4. The predicted octanol–water partition coefficient (Wildman–Crippen LogP) is 2.96. The van der Waals surface area contributed by atoms with Gasteiger partial charge in [0.15, 0.2) is 0 Å². The van der Waals surface area contributed by atoms with E-state index in [0.29, 0.717) is 28.5 Å². The Morgan fingerprint density at radius 2 is 1.33 bits per heavy atom. The molecule has 0 spiro atoms. The predicted molar refractivity (Wildman–Crippen MR) is 80.5 cm³/mol. The van der Waals surface area contributed by atoms with Crippen molar-refractivity contribution in [3.63, 3.8) is 0 Å². The molecule has 0 saturated heterocycles. The minimum atomic E-state index is -0.325. The Labute approximate surface area is 123 Å². The summed E-state index contributed by atoms with van der Waals surface area (Å²) in [7, 11) is 4.57. The van der Waals surface area contributed by atoms with E-state index in [1.165, 1.54) is 14.2 Å². The first-order chi connectivity index (χ1) is 10.2. The molecule has 1 N–H and O–H groups in total. The largest absolute Gasteiger partial charge is 0.496 e. The number of nitrogens with one attached hydrogen (secondary N) is 1. The summed E-state index contributed by atoms with van der Waals surface area (Å²) in [5, 5.41) is 2.80. The van der Waals surface area contributed by atoms with Crippen molar-refractivity contribution in [3.8, 4) is 17.2 Å². The van der Waals surface area contributed by atoms with Gasteiger partial charge in [-0.2, -0.15) is 0 Å². The molecule has 0 unspecified atom stereocenters. The average molecular weight is 287 g/mol. The van der Waals surface area contributed by atoms with Crippen molar-refractivity contribution in [2.45, 2.75) is 0 Å². The highest BCUT2D eigenvalue weighted by molar-refractivity contribution is 6.08. The number of rotatable bonds is 5. The van der Waals surface area contributed by atoms with Crippen molar-refractivity contribution in [1.29, 1.82) is 0 Å². The Morgan fingerprint density at radius 1 is 0.810 bits per heavy atom. The van der Waals surface area contributed by atoms with Gasteiger partial charge in [0, 0.05) is 0 Å². The molecule has 5 nitrogen and oxygen atoms in total. The van der Waals surface area contributed by atoms with Gasteiger partial charge in [-0.1, -0.05) is 18.2 Å². The monoisotopic (exact) mass is 287 g/mol. The highest BCUT2D eigenvalue weighted by Crippen LogP contribution is 2.30. The fourth-order valence-electron chi connectivity index (χ4n) is 2.01. The van der Waals surface area contributed by atoms with E-state index in [1.807, 2.05) is 12.1 Å². The second-order valence-electron chi connectivity index (χ2n) is 4.19. The summed E-state index contributed by atoms with van der Waals surface area (Å²) in [5.41, 5.74) is 0.923. The summed E-state index contributed by atoms with van der Waals surface area (Å²) in [6.45, 7) is 0. The molecule has 0 atom stereocenters. The molecular weight excluding hydrogens is 270 g/mol. The normalized spacial score (nSPS) is 9.86. The van der Waals surface area contributed by atoms with Crippen molar-refractivity contribution >= 4 is 11.6 Å². The van der Waals surface area contributed by atoms with Crippen LogP contribution in [0.15, 0.2) is 42.5 Å². The average Bonchev–Trinajstić information content (AvgIpc) is 2.54. The minimum absolute atomic E-state index is 0.325. The zero-order chi connectivity index (χ0) is 15.2. The lowest BCUT2D eigenvalue weighted by molar-refractivity contribution is 0.102. The number of benzene rings is 2. The molecule has 2 rings (SSSR count). The van der Waals surface area contributed by atoms with Crippen molar-refractivity contribution in [1.82, 2.24) is 0 Å². The smallest absolute Gasteiger partial charge is 0.263 e. The molecule has 5 heteroatoms. The molecule has 0 aliphatic rings. The number of hydrogen-bond donors (Lipinski definition) is 1. The molecule has 0 aliphatic carbocycles. The van der Waals surface area contributed by atoms with Crippen LogP contribution in [0.3, 0.4) is 0 Å². The lowest BCUT2D eigenvalue weighted by atomic mass is 10.1. The van der Waals surface area contributed by atoms with Gasteiger partial charge in [-0.3, -0.25) is 4.79 Å². The molecule has 1 amide bonds. The topological polar surface area (TPSA) is 56.8 Å². The van der Waals surface area contributed by atoms with Crippen LogP contribution < -0.4 is 19.5 Å². The molecule has 0 aliphatic heterocycles. The van der Waals surface area contributed by atoms with Crippen LogP contribution in [0.25, 0.3) is 0 Å². The van der Waals surface area contributed by atoms with E-state index in [2.05, 4.69) is 5.32 Å². The number of carbonyl (C=O) groups excluding carboxylic acids is 1. The first kappa shape index (κ1) is 14.7. The van der Waals surface area contributed by atoms with Crippen LogP contribution in [0.1, 0.15) is 10.4 Å². The fourth-order valence-corrected chi connectivity index (χ4v) is 2.01. The third-order valence-electron chi connectivity index (χ3n) is 3.01. The van der Waals surface area contributed by atoms with Crippen LogP contribution in [-0.2, 0) is 0 Å². The van der Waals surface area contributed by atoms with E-state index in [1.54, 1.807) is 37.4 Å². The van der Waals surface area contributed by atoms with E-state index < -0.39 is 0 Å². The first-order valence-electron chi connectivity index (χ1n) is 6.36. The lowest BCUT2D eigenvalue weighted by Crippen LogP contribution is -2.15. The number of para-hydroxylation sites is 2. The fraction of sp³-hybridized carbons (Fsp3) is 0.188. The second kappa shape index (κ2) is 6.65. The lowest BCUT2D eigenvalue weighted by Gasteiger charge is -2.14. The van der Waals surface area contributed by atoms with E-state index >= 15 is 0 Å². The van der Waals surface area contributed by atoms with Crippen LogP contribution >= 0.6 is 0 Å². The van der Waals surface area contributed by atoms with Crippen molar-refractivity contribution < 1.29 is 19.0 Å². The highest BCUT2D eigenvalue weighted by atomic mass is 16.5.